The molecule has 1 aromatic heterocycles. The number of rotatable bonds is 6. The van der Waals surface area contributed by atoms with Gasteiger partial charge in [0.25, 0.3) is 11.6 Å². The normalized spacial score (nSPS) is 15.0. The molecule has 1 N–H and O–H groups in total. The lowest BCUT2D eigenvalue weighted by molar-refractivity contribution is -0.384. The summed E-state index contributed by atoms with van der Waals surface area (Å²) in [5.74, 6) is 1.07. The molecule has 0 aliphatic carbocycles. The van der Waals surface area contributed by atoms with E-state index >= 15 is 0 Å². The van der Waals surface area contributed by atoms with Gasteiger partial charge < -0.3 is 4.90 Å². The number of benzene rings is 1. The van der Waals surface area contributed by atoms with Crippen LogP contribution >= 0.6 is 23.1 Å². The van der Waals surface area contributed by atoms with Gasteiger partial charge in [0.1, 0.15) is 5.69 Å². The topological polar surface area (TPSA) is 101 Å². The Balaban J connectivity index is 1.78. The molecule has 1 aromatic carbocycles. The number of nitrogens with zero attached hydrogens (tertiary/aromatic N) is 4. The largest absolute Gasteiger partial charge is 0.366 e. The van der Waals surface area contributed by atoms with Crippen LogP contribution in [-0.4, -0.2) is 39.9 Å². The molecule has 0 spiro atoms. The van der Waals surface area contributed by atoms with E-state index in [4.69, 9.17) is 0 Å². The molecule has 10 heteroatoms. The first-order valence-corrected chi connectivity index (χ1v) is 10.6. The van der Waals surface area contributed by atoms with Gasteiger partial charge >= 0.3 is 0 Å². The molecule has 2 aromatic rings. The van der Waals surface area contributed by atoms with Crippen molar-refractivity contribution in [2.75, 3.05) is 29.1 Å². The lowest BCUT2D eigenvalue weighted by atomic mass is 9.98. The molecule has 3 rings (SSSR count). The molecule has 1 aliphatic heterocycles. The minimum absolute atomic E-state index is 0.0447. The summed E-state index contributed by atoms with van der Waals surface area (Å²) in [6, 6.07) is 4.63. The van der Waals surface area contributed by atoms with E-state index in [1.54, 1.807) is 23.9 Å². The van der Waals surface area contributed by atoms with E-state index in [-0.39, 0.29) is 11.3 Å². The van der Waals surface area contributed by atoms with Crippen LogP contribution in [-0.2, 0) is 0 Å². The Morgan fingerprint density at radius 1 is 1.41 bits per heavy atom. The fourth-order valence-electron chi connectivity index (χ4n) is 2.94. The minimum atomic E-state index is -0.430. The zero-order valence-electron chi connectivity index (χ0n) is 15.2. The van der Waals surface area contributed by atoms with Crippen LogP contribution in [0.15, 0.2) is 22.5 Å². The highest BCUT2D eigenvalue weighted by molar-refractivity contribution is 8.01. The number of carbonyl (C=O) groups excluding carboxylic acids is 1. The predicted octanol–water partition coefficient (Wildman–Crippen LogP) is 4.05. The standard InChI is InChI=1S/C17H21N5O3S2/c1-3-26-17-20-19-16(27-17)18-15(23)12-4-5-13(14(10-12)22(24)25)21-8-6-11(2)7-9-21/h4-5,10-11H,3,6-9H2,1-2H3,(H,18,19,23). The Morgan fingerprint density at radius 2 is 2.15 bits per heavy atom. The Kier molecular flexibility index (Phi) is 6.27. The van der Waals surface area contributed by atoms with Gasteiger partial charge in [-0.25, -0.2) is 0 Å². The first kappa shape index (κ1) is 19.6. The number of thioether (sulfide) groups is 1. The highest BCUT2D eigenvalue weighted by Crippen LogP contribution is 2.33. The number of hydrogen-bond donors (Lipinski definition) is 1. The van der Waals surface area contributed by atoms with Crippen molar-refractivity contribution in [1.82, 2.24) is 10.2 Å². The molecule has 144 valence electrons. The van der Waals surface area contributed by atoms with Gasteiger partial charge in [-0.2, -0.15) is 0 Å². The molecule has 0 atom stereocenters. The molecule has 0 bridgehead atoms. The molecule has 1 saturated heterocycles. The van der Waals surface area contributed by atoms with Crippen LogP contribution in [0.1, 0.15) is 37.0 Å². The second kappa shape index (κ2) is 8.66. The quantitative estimate of drug-likeness (QED) is 0.334. The lowest BCUT2D eigenvalue weighted by Gasteiger charge is -2.31. The predicted molar refractivity (Wildman–Crippen MR) is 108 cm³/mol. The summed E-state index contributed by atoms with van der Waals surface area (Å²) < 4.78 is 0.772. The van der Waals surface area contributed by atoms with Crippen LogP contribution in [0.5, 0.6) is 0 Å². The third-order valence-corrected chi connectivity index (χ3v) is 6.31. The summed E-state index contributed by atoms with van der Waals surface area (Å²) in [5, 5.41) is 22.5. The Bertz CT molecular complexity index is 834. The van der Waals surface area contributed by atoms with Gasteiger partial charge in [0.05, 0.1) is 4.92 Å². The van der Waals surface area contributed by atoms with E-state index in [1.165, 1.54) is 17.4 Å². The van der Waals surface area contributed by atoms with Crippen molar-refractivity contribution in [3.63, 3.8) is 0 Å². The lowest BCUT2D eigenvalue weighted by Crippen LogP contribution is -2.33. The summed E-state index contributed by atoms with van der Waals surface area (Å²) >= 11 is 2.83. The molecule has 0 saturated carbocycles. The van der Waals surface area contributed by atoms with Crippen LogP contribution in [0.25, 0.3) is 0 Å². The highest BCUT2D eigenvalue weighted by Gasteiger charge is 2.25. The molecule has 1 fully saturated rings. The first-order valence-electron chi connectivity index (χ1n) is 8.79. The molecule has 2 heterocycles. The number of hydrogen-bond acceptors (Lipinski definition) is 8. The summed E-state index contributed by atoms with van der Waals surface area (Å²) in [6.45, 7) is 5.78. The van der Waals surface area contributed by atoms with Gasteiger partial charge in [-0.15, -0.1) is 10.2 Å². The van der Waals surface area contributed by atoms with Gasteiger partial charge in [0.15, 0.2) is 4.34 Å². The van der Waals surface area contributed by atoms with E-state index in [0.29, 0.717) is 16.7 Å². The average Bonchev–Trinajstić information content (AvgIpc) is 3.09. The molecular formula is C17H21N5O3S2. The van der Waals surface area contributed by atoms with Gasteiger partial charge in [0, 0.05) is 24.7 Å². The van der Waals surface area contributed by atoms with Gasteiger partial charge in [-0.3, -0.25) is 20.2 Å². The van der Waals surface area contributed by atoms with Gasteiger partial charge in [-0.05, 0) is 36.6 Å². The maximum atomic E-state index is 12.5. The maximum Gasteiger partial charge on any atom is 0.293 e. The highest BCUT2D eigenvalue weighted by atomic mass is 32.2. The van der Waals surface area contributed by atoms with E-state index < -0.39 is 10.8 Å². The Labute approximate surface area is 165 Å². The number of amides is 1. The van der Waals surface area contributed by atoms with Crippen molar-refractivity contribution in [3.05, 3.63) is 33.9 Å². The number of anilines is 2. The number of carbonyl (C=O) groups is 1. The maximum absolute atomic E-state index is 12.5. The average molecular weight is 408 g/mol. The fraction of sp³-hybridized carbons (Fsp3) is 0.471. The summed E-state index contributed by atoms with van der Waals surface area (Å²) in [7, 11) is 0. The van der Waals surface area contributed by atoms with Crippen molar-refractivity contribution in [2.45, 2.75) is 31.0 Å². The minimum Gasteiger partial charge on any atom is -0.366 e. The fourth-order valence-corrected chi connectivity index (χ4v) is 4.58. The van der Waals surface area contributed by atoms with Crippen molar-refractivity contribution < 1.29 is 9.72 Å². The van der Waals surface area contributed by atoms with Gasteiger partial charge in [-0.1, -0.05) is 36.9 Å². The number of piperidine rings is 1. The van der Waals surface area contributed by atoms with Crippen molar-refractivity contribution >= 4 is 45.5 Å². The van der Waals surface area contributed by atoms with Crippen molar-refractivity contribution in [2.24, 2.45) is 5.92 Å². The van der Waals surface area contributed by atoms with Crippen molar-refractivity contribution in [3.8, 4) is 0 Å². The van der Waals surface area contributed by atoms with E-state index in [0.717, 1.165) is 36.0 Å². The van der Waals surface area contributed by atoms with E-state index in [2.05, 4.69) is 22.4 Å². The SMILES string of the molecule is CCSc1nnc(NC(=O)c2ccc(N3CCC(C)CC3)c([N+](=O)[O-])c2)s1. The van der Waals surface area contributed by atoms with Crippen LogP contribution < -0.4 is 10.2 Å². The monoisotopic (exact) mass is 407 g/mol. The molecular weight excluding hydrogens is 386 g/mol. The van der Waals surface area contributed by atoms with Crippen LogP contribution in [0.3, 0.4) is 0 Å². The number of nitrogens with one attached hydrogen (secondary N) is 1. The molecule has 0 unspecified atom stereocenters. The smallest absolute Gasteiger partial charge is 0.293 e. The Hall–Kier alpha value is -2.20. The van der Waals surface area contributed by atoms with Crippen LogP contribution in [0.4, 0.5) is 16.5 Å². The second-order valence-corrected chi connectivity index (χ2v) is 8.88. The van der Waals surface area contributed by atoms with Crippen LogP contribution in [0.2, 0.25) is 0 Å². The molecule has 0 radical (unpaired) electrons. The molecule has 1 aliphatic rings. The number of aromatic nitrogens is 2. The number of nitro groups is 1. The summed E-state index contributed by atoms with van der Waals surface area (Å²) in [4.78, 5) is 25.6. The van der Waals surface area contributed by atoms with Crippen LogP contribution in [0, 0.1) is 16.0 Å². The first-order chi connectivity index (χ1) is 13.0. The third-order valence-electron chi connectivity index (χ3n) is 4.45. The molecule has 1 amide bonds. The van der Waals surface area contributed by atoms with E-state index in [1.807, 2.05) is 11.8 Å². The van der Waals surface area contributed by atoms with E-state index in [9.17, 15) is 14.9 Å². The third kappa shape index (κ3) is 4.75. The van der Waals surface area contributed by atoms with Crippen molar-refractivity contribution in [1.29, 1.82) is 0 Å². The summed E-state index contributed by atoms with van der Waals surface area (Å²) in [6.07, 6.45) is 2.02. The molecule has 8 nitrogen and oxygen atoms in total. The zero-order valence-corrected chi connectivity index (χ0v) is 16.8. The zero-order chi connectivity index (χ0) is 19.4. The summed E-state index contributed by atoms with van der Waals surface area (Å²) in [5.41, 5.74) is 0.758. The Morgan fingerprint density at radius 3 is 2.81 bits per heavy atom. The van der Waals surface area contributed by atoms with Gasteiger partial charge in [0.2, 0.25) is 5.13 Å². The second-order valence-electron chi connectivity index (χ2n) is 6.39. The number of nitro benzene ring substituents is 1. The molecule has 27 heavy (non-hydrogen) atoms.